The first-order valence-electron chi connectivity index (χ1n) is 45.0. The van der Waals surface area contributed by atoms with Gasteiger partial charge in [-0.2, -0.15) is 0 Å². The molecule has 5 heteroatoms. The van der Waals surface area contributed by atoms with Crippen molar-refractivity contribution in [3.8, 4) is 56.3 Å². The number of benzene rings is 5. The zero-order valence-corrected chi connectivity index (χ0v) is 76.6. The first kappa shape index (κ1) is 89.2. The van der Waals surface area contributed by atoms with Crippen LogP contribution in [0.2, 0.25) is 0 Å². The zero-order valence-electron chi connectivity index (χ0n) is 76.6. The molecule has 4 saturated carbocycles. The van der Waals surface area contributed by atoms with Crippen LogP contribution in [0.1, 0.15) is 307 Å². The highest BCUT2D eigenvalue weighted by Gasteiger charge is 2.32. The van der Waals surface area contributed by atoms with Gasteiger partial charge in [-0.15, -0.1) is 0 Å². The Labute approximate surface area is 700 Å². The molecule has 4 aliphatic rings. The Kier molecular flexibility index (Phi) is 31.3. The number of rotatable bonds is 17. The highest BCUT2D eigenvalue weighted by Crippen LogP contribution is 2.43. The van der Waals surface area contributed by atoms with Gasteiger partial charge in [0, 0.05) is 86.0 Å². The molecule has 0 radical (unpaired) electrons. The van der Waals surface area contributed by atoms with Gasteiger partial charge in [0.05, 0.1) is 0 Å². The molecule has 5 heterocycles. The number of pyridine rings is 5. The second-order valence-corrected chi connectivity index (χ2v) is 40.1. The van der Waals surface area contributed by atoms with E-state index in [-0.39, 0.29) is 5.41 Å². The van der Waals surface area contributed by atoms with Crippen LogP contribution in [0.15, 0.2) is 183 Å². The van der Waals surface area contributed by atoms with E-state index in [1.165, 1.54) is 216 Å². The van der Waals surface area contributed by atoms with Gasteiger partial charge >= 0.3 is 0 Å². The summed E-state index contributed by atoms with van der Waals surface area (Å²) in [4.78, 5) is 0. The minimum Gasteiger partial charge on any atom is -0.201 e. The molecule has 0 N–H and O–H groups in total. The molecule has 14 rings (SSSR count). The van der Waals surface area contributed by atoms with Crippen molar-refractivity contribution in [2.75, 3.05) is 0 Å². The fourth-order valence-corrected chi connectivity index (χ4v) is 19.4. The third-order valence-corrected chi connectivity index (χ3v) is 25.1. The Balaban J connectivity index is 0.000000152. The predicted octanol–water partition coefficient (Wildman–Crippen LogP) is 26.8. The molecular formula is C110H152N5+5. The van der Waals surface area contributed by atoms with Crippen LogP contribution < -0.4 is 22.8 Å². The topological polar surface area (TPSA) is 19.4 Å². The smallest absolute Gasteiger partial charge is 0.201 e. The lowest BCUT2D eigenvalue weighted by Gasteiger charge is -2.24. The van der Waals surface area contributed by atoms with Crippen LogP contribution in [0.4, 0.5) is 0 Å². The third kappa shape index (κ3) is 24.5. The number of hydrogen-bond donors (Lipinski definition) is 0. The summed E-state index contributed by atoms with van der Waals surface area (Å²) in [5, 5.41) is 0. The van der Waals surface area contributed by atoms with Gasteiger partial charge in [-0.3, -0.25) is 0 Å². The van der Waals surface area contributed by atoms with E-state index in [0.717, 1.165) is 49.4 Å². The van der Waals surface area contributed by atoms with E-state index < -0.39 is 0 Å². The summed E-state index contributed by atoms with van der Waals surface area (Å²) in [6.07, 6.45) is 40.9. The van der Waals surface area contributed by atoms with Crippen molar-refractivity contribution in [1.82, 2.24) is 0 Å². The first-order valence-corrected chi connectivity index (χ1v) is 45.0. The molecule has 4 aliphatic carbocycles. The van der Waals surface area contributed by atoms with Crippen molar-refractivity contribution in [3.63, 3.8) is 0 Å². The van der Waals surface area contributed by atoms with Gasteiger partial charge < -0.3 is 0 Å². The van der Waals surface area contributed by atoms with Crippen molar-refractivity contribution in [1.29, 1.82) is 0 Å². The van der Waals surface area contributed by atoms with Gasteiger partial charge in [0.1, 0.15) is 35.2 Å². The molecule has 0 atom stereocenters. The number of aromatic nitrogens is 5. The molecule has 10 aromatic rings. The van der Waals surface area contributed by atoms with Gasteiger partial charge in [0.2, 0.25) is 28.5 Å². The highest BCUT2D eigenvalue weighted by molar-refractivity contribution is 5.66. The lowest BCUT2D eigenvalue weighted by atomic mass is 9.81. The SMILES string of the molecule is CCc1c[n+](C)c(-c2ccccc2C)cc1C1CCCC1.Cc1ccccc1-c1cc(C2CCCC2)c(CC(C)C)c[n+]1C.Cc1ccccc1-c1cc(CC(C)(C)C)c(C2CCCC2)c[n+]1C.Cc1ccccc1-c1cc(CC(C)(C)C)c(CC(C)(C)C)c[n+]1C.Cc1ccccc1-c1cc(CC(C)C)c(C2CCCC2)c[n+]1C. The van der Waals surface area contributed by atoms with Crippen molar-refractivity contribution in [2.24, 2.45) is 63.3 Å². The summed E-state index contributed by atoms with van der Waals surface area (Å²) in [6, 6.07) is 55.9. The molecule has 5 aromatic carbocycles. The van der Waals surface area contributed by atoms with Gasteiger partial charge in [-0.1, -0.05) is 239 Å². The molecule has 5 aromatic heterocycles. The van der Waals surface area contributed by atoms with Crippen molar-refractivity contribution < 1.29 is 22.8 Å². The monoisotopic (exact) mass is 1540 g/mol. The standard InChI is InChI=1S/C23H32N.C23H34N.2C22H30N.C20H26N/c1-17-10-6-9-13-20(17)22-14-19(15-23(2,3)4)21(16-24(22)5)18-11-7-8-12-18;1-17-11-9-10-12-20(17)21-13-18(14-22(2,3)4)19(16-24(21)8)15-23(5,6)7;1-16(2)13-19-15-23(4)22(20-12-8-5-9-17(20)3)14-21(19)18-10-6-7-11-18;1-16(2)13-19-14-22(20-12-8-5-9-17(20)3)23(4)15-21(19)18-10-6-7-11-18;1-4-16-14-21(3)20(18-12-8-5-9-15(18)2)13-19(16)17-10-6-7-11-17/h6,9-10,13-14,16,18H,7-8,11-12,15H2,1-5H3;9-13,16H,14-15H2,1-8H3;2*5,8-9,12,14-16,18H,6-7,10-11,13H2,1-4H3;5,8-9,12-14,17H,4,6-7,10-11H2,1-3H3/q5*+1. The minimum absolute atomic E-state index is 0.287. The molecular weight excluding hydrogens is 1390 g/mol. The molecule has 0 aliphatic heterocycles. The Morgan fingerprint density at radius 2 is 0.513 bits per heavy atom. The largest absolute Gasteiger partial charge is 0.212 e. The summed E-state index contributed by atoms with van der Waals surface area (Å²) < 4.78 is 11.6. The average molecular weight is 1540 g/mol. The Bertz CT molecular complexity index is 4840. The normalized spacial score (nSPS) is 15.0. The van der Waals surface area contributed by atoms with Crippen LogP contribution >= 0.6 is 0 Å². The maximum Gasteiger partial charge on any atom is 0.212 e. The third-order valence-electron chi connectivity index (χ3n) is 25.1. The molecule has 612 valence electrons. The quantitative estimate of drug-likeness (QED) is 0.0810. The highest BCUT2D eigenvalue weighted by atomic mass is 14.9. The fraction of sp³-hybridized carbons (Fsp3) is 0.500. The zero-order chi connectivity index (χ0) is 83.1. The van der Waals surface area contributed by atoms with Crippen LogP contribution in [0.3, 0.4) is 0 Å². The summed E-state index contributed by atoms with van der Waals surface area (Å²) in [7, 11) is 11.0. The summed E-state index contributed by atoms with van der Waals surface area (Å²) in [5.41, 5.74) is 36.8. The van der Waals surface area contributed by atoms with E-state index in [1.807, 2.05) is 0 Å². The molecule has 0 bridgehead atoms. The van der Waals surface area contributed by atoms with E-state index in [9.17, 15) is 0 Å². The van der Waals surface area contributed by atoms with Gasteiger partial charge in [0.25, 0.3) is 0 Å². The van der Waals surface area contributed by atoms with E-state index in [1.54, 1.807) is 38.9 Å². The second kappa shape index (κ2) is 40.3. The molecule has 5 nitrogen and oxygen atoms in total. The predicted molar refractivity (Wildman–Crippen MR) is 490 cm³/mol. The van der Waals surface area contributed by atoms with Gasteiger partial charge in [-0.05, 0) is 262 Å². The van der Waals surface area contributed by atoms with E-state index >= 15 is 0 Å². The summed E-state index contributed by atoms with van der Waals surface area (Å²) in [6.45, 7) is 43.6. The summed E-state index contributed by atoms with van der Waals surface area (Å²) >= 11 is 0. The van der Waals surface area contributed by atoms with Gasteiger partial charge in [0.15, 0.2) is 31.0 Å². The van der Waals surface area contributed by atoms with Crippen LogP contribution in [-0.4, -0.2) is 0 Å². The fourth-order valence-electron chi connectivity index (χ4n) is 19.4. The molecule has 0 amide bonds. The Morgan fingerprint density at radius 3 is 0.826 bits per heavy atom. The number of aryl methyl sites for hydroxylation is 11. The maximum atomic E-state index is 2.50. The minimum atomic E-state index is 0.287. The lowest BCUT2D eigenvalue weighted by molar-refractivity contribution is -0.661. The van der Waals surface area contributed by atoms with Crippen molar-refractivity contribution in [2.45, 2.75) is 296 Å². The number of nitrogens with zero attached hydrogens (tertiary/aromatic N) is 5. The molecule has 0 saturated heterocycles. The van der Waals surface area contributed by atoms with Gasteiger partial charge in [-0.25, -0.2) is 22.8 Å². The van der Waals surface area contributed by atoms with E-state index in [2.05, 4.69) is 372 Å². The van der Waals surface area contributed by atoms with Crippen LogP contribution in [0.25, 0.3) is 56.3 Å². The Hall–Kier alpha value is -8.15. The molecule has 0 spiro atoms. The van der Waals surface area contributed by atoms with Crippen molar-refractivity contribution >= 4 is 0 Å². The second-order valence-electron chi connectivity index (χ2n) is 40.1. The summed E-state index contributed by atoms with van der Waals surface area (Å²) in [5.74, 6) is 4.50. The maximum absolute atomic E-state index is 2.50. The van der Waals surface area contributed by atoms with E-state index in [4.69, 9.17) is 0 Å². The lowest BCUT2D eigenvalue weighted by Crippen LogP contribution is -2.33. The number of hydrogen-bond acceptors (Lipinski definition) is 0. The average Bonchev–Trinajstić information content (AvgIpc) is 1.75. The van der Waals surface area contributed by atoms with E-state index in [0.29, 0.717) is 22.7 Å². The first-order chi connectivity index (χ1) is 54.6. The van der Waals surface area contributed by atoms with Crippen LogP contribution in [-0.2, 0) is 73.8 Å². The Morgan fingerprint density at radius 1 is 0.278 bits per heavy atom. The van der Waals surface area contributed by atoms with Crippen molar-refractivity contribution in [3.05, 3.63) is 266 Å². The molecule has 0 unspecified atom stereocenters. The van der Waals surface area contributed by atoms with Crippen LogP contribution in [0.5, 0.6) is 0 Å². The van der Waals surface area contributed by atoms with Crippen LogP contribution in [0, 0.1) is 62.7 Å². The molecule has 4 fully saturated rings. The molecule has 115 heavy (non-hydrogen) atoms.